The van der Waals surface area contributed by atoms with Crippen LogP contribution in [-0.2, 0) is 4.79 Å². The number of carbonyl (C=O) groups is 1. The molecule has 4 aromatic carbocycles. The summed E-state index contributed by atoms with van der Waals surface area (Å²) in [7, 11) is 0. The first-order valence-electron chi connectivity index (χ1n) is 10.6. The number of hydrogen-bond donors (Lipinski definition) is 2. The fourth-order valence-electron chi connectivity index (χ4n) is 4.04. The van der Waals surface area contributed by atoms with Crippen LogP contribution in [0, 0.1) is 11.3 Å². The smallest absolute Gasteiger partial charge is 0.237 e. The van der Waals surface area contributed by atoms with Crippen LogP contribution in [0.4, 0.5) is 5.82 Å². The summed E-state index contributed by atoms with van der Waals surface area (Å²) in [4.78, 5) is 13.4. The largest absolute Gasteiger partial charge is 0.308 e. The van der Waals surface area contributed by atoms with Gasteiger partial charge >= 0.3 is 0 Å². The SMILES string of the molecule is N#Cc1cccc(-c2ccc3c(NC(=O)C(c4ccccc4)c4ccccc4)n[nH]c3c2)c1. The molecule has 1 aromatic heterocycles. The Hall–Kier alpha value is -4.69. The van der Waals surface area contributed by atoms with Crippen LogP contribution in [0.15, 0.2) is 103 Å². The number of anilines is 1. The third kappa shape index (κ3) is 4.10. The van der Waals surface area contributed by atoms with Crippen LogP contribution in [-0.4, -0.2) is 16.1 Å². The van der Waals surface area contributed by atoms with Gasteiger partial charge in [-0.3, -0.25) is 9.89 Å². The summed E-state index contributed by atoms with van der Waals surface area (Å²) in [6.45, 7) is 0. The van der Waals surface area contributed by atoms with Crippen molar-refractivity contribution in [2.45, 2.75) is 5.92 Å². The minimum Gasteiger partial charge on any atom is -0.308 e. The molecule has 158 valence electrons. The van der Waals surface area contributed by atoms with Crippen molar-refractivity contribution in [3.63, 3.8) is 0 Å². The molecule has 5 rings (SSSR count). The Morgan fingerprint density at radius 2 is 1.48 bits per heavy atom. The highest BCUT2D eigenvalue weighted by molar-refractivity contribution is 6.04. The number of aromatic nitrogens is 2. The maximum Gasteiger partial charge on any atom is 0.237 e. The van der Waals surface area contributed by atoms with Crippen molar-refractivity contribution in [2.75, 3.05) is 5.32 Å². The summed E-state index contributed by atoms with van der Waals surface area (Å²) >= 11 is 0. The van der Waals surface area contributed by atoms with Crippen LogP contribution in [0.3, 0.4) is 0 Å². The molecule has 0 aliphatic heterocycles. The number of aromatic amines is 1. The van der Waals surface area contributed by atoms with E-state index in [0.717, 1.165) is 33.2 Å². The maximum absolute atomic E-state index is 13.4. The Morgan fingerprint density at radius 1 is 0.818 bits per heavy atom. The summed E-state index contributed by atoms with van der Waals surface area (Å²) in [5, 5.41) is 20.4. The molecular formula is C28H20N4O. The molecule has 0 aliphatic rings. The van der Waals surface area contributed by atoms with Gasteiger partial charge < -0.3 is 5.32 Å². The van der Waals surface area contributed by atoms with E-state index in [4.69, 9.17) is 0 Å². The average molecular weight is 428 g/mol. The van der Waals surface area contributed by atoms with Crippen molar-refractivity contribution in [3.8, 4) is 17.2 Å². The molecule has 0 spiro atoms. The number of nitriles is 1. The summed E-state index contributed by atoms with van der Waals surface area (Å²) in [6, 6.07) is 35.0. The molecule has 5 heteroatoms. The lowest BCUT2D eigenvalue weighted by Crippen LogP contribution is -2.22. The van der Waals surface area contributed by atoms with Crippen molar-refractivity contribution in [1.29, 1.82) is 5.26 Å². The predicted octanol–water partition coefficient (Wildman–Crippen LogP) is 5.87. The van der Waals surface area contributed by atoms with Crippen molar-refractivity contribution < 1.29 is 4.79 Å². The normalized spacial score (nSPS) is 10.8. The van der Waals surface area contributed by atoms with Gasteiger partial charge in [-0.1, -0.05) is 78.9 Å². The summed E-state index contributed by atoms with van der Waals surface area (Å²) < 4.78 is 0. The second-order valence-corrected chi connectivity index (χ2v) is 7.77. The molecule has 1 amide bonds. The Kier molecular flexibility index (Phi) is 5.40. The van der Waals surface area contributed by atoms with Crippen LogP contribution in [0.25, 0.3) is 22.0 Å². The zero-order chi connectivity index (χ0) is 22.6. The van der Waals surface area contributed by atoms with E-state index in [2.05, 4.69) is 21.6 Å². The van der Waals surface area contributed by atoms with Crippen LogP contribution >= 0.6 is 0 Å². The Labute approximate surface area is 191 Å². The summed E-state index contributed by atoms with van der Waals surface area (Å²) in [6.07, 6.45) is 0. The number of hydrogen-bond acceptors (Lipinski definition) is 3. The Bertz CT molecular complexity index is 1430. The lowest BCUT2D eigenvalue weighted by molar-refractivity contribution is -0.116. The van der Waals surface area contributed by atoms with E-state index in [0.29, 0.717) is 11.4 Å². The number of rotatable bonds is 5. The Morgan fingerprint density at radius 3 is 2.15 bits per heavy atom. The van der Waals surface area contributed by atoms with Gasteiger partial charge in [-0.25, -0.2) is 0 Å². The topological polar surface area (TPSA) is 81.6 Å². The number of fused-ring (bicyclic) bond motifs is 1. The van der Waals surface area contributed by atoms with Crippen LogP contribution in [0.2, 0.25) is 0 Å². The van der Waals surface area contributed by atoms with Gasteiger partial charge in [0.2, 0.25) is 5.91 Å². The number of amides is 1. The highest BCUT2D eigenvalue weighted by atomic mass is 16.2. The fraction of sp³-hybridized carbons (Fsp3) is 0.0357. The first-order valence-corrected chi connectivity index (χ1v) is 10.6. The zero-order valence-electron chi connectivity index (χ0n) is 17.7. The molecule has 0 radical (unpaired) electrons. The van der Waals surface area contributed by atoms with E-state index in [9.17, 15) is 10.1 Å². The van der Waals surface area contributed by atoms with Gasteiger partial charge in [-0.05, 0) is 46.5 Å². The lowest BCUT2D eigenvalue weighted by Gasteiger charge is -2.17. The van der Waals surface area contributed by atoms with Gasteiger partial charge in [-0.15, -0.1) is 0 Å². The summed E-state index contributed by atoms with van der Waals surface area (Å²) in [5.74, 6) is -0.108. The standard InChI is InChI=1S/C28H20N4O/c29-18-19-8-7-13-22(16-19)23-14-15-24-25(17-23)31-32-27(24)30-28(33)26(20-9-3-1-4-10-20)21-11-5-2-6-12-21/h1-17,26H,(H2,30,31,32,33). The third-order valence-corrected chi connectivity index (χ3v) is 5.66. The fourth-order valence-corrected chi connectivity index (χ4v) is 4.04. The van der Waals surface area contributed by atoms with Crippen molar-refractivity contribution in [1.82, 2.24) is 10.2 Å². The monoisotopic (exact) mass is 428 g/mol. The van der Waals surface area contributed by atoms with Gasteiger partial charge in [0.25, 0.3) is 0 Å². The van der Waals surface area contributed by atoms with E-state index in [1.54, 1.807) is 6.07 Å². The van der Waals surface area contributed by atoms with E-state index in [1.165, 1.54) is 0 Å². The minimum absolute atomic E-state index is 0.147. The molecule has 0 bridgehead atoms. The Balaban J connectivity index is 1.47. The molecule has 0 fully saturated rings. The minimum atomic E-state index is -0.452. The number of H-pyrrole nitrogens is 1. The number of nitrogens with zero attached hydrogens (tertiary/aromatic N) is 2. The van der Waals surface area contributed by atoms with Gasteiger partial charge in [0.1, 0.15) is 0 Å². The number of benzene rings is 4. The predicted molar refractivity (Wildman–Crippen MR) is 130 cm³/mol. The molecule has 33 heavy (non-hydrogen) atoms. The van der Waals surface area contributed by atoms with E-state index < -0.39 is 5.92 Å². The van der Waals surface area contributed by atoms with Gasteiger partial charge in [0.15, 0.2) is 5.82 Å². The van der Waals surface area contributed by atoms with E-state index in [1.807, 2.05) is 97.1 Å². The second kappa shape index (κ2) is 8.81. The van der Waals surface area contributed by atoms with E-state index >= 15 is 0 Å². The van der Waals surface area contributed by atoms with E-state index in [-0.39, 0.29) is 5.91 Å². The first-order chi connectivity index (χ1) is 16.2. The molecule has 1 heterocycles. The lowest BCUT2D eigenvalue weighted by atomic mass is 9.90. The quantitative estimate of drug-likeness (QED) is 0.367. The molecule has 0 saturated heterocycles. The zero-order valence-corrected chi connectivity index (χ0v) is 17.7. The molecule has 0 saturated carbocycles. The van der Waals surface area contributed by atoms with Gasteiger partial charge in [0.05, 0.1) is 23.1 Å². The van der Waals surface area contributed by atoms with Crippen molar-refractivity contribution in [2.24, 2.45) is 0 Å². The van der Waals surface area contributed by atoms with Crippen molar-refractivity contribution in [3.05, 3.63) is 120 Å². The first kappa shape index (κ1) is 20.2. The highest BCUT2D eigenvalue weighted by Gasteiger charge is 2.24. The molecule has 5 aromatic rings. The molecule has 0 unspecified atom stereocenters. The molecule has 5 nitrogen and oxygen atoms in total. The van der Waals surface area contributed by atoms with Crippen LogP contribution < -0.4 is 5.32 Å². The molecule has 2 N–H and O–H groups in total. The van der Waals surface area contributed by atoms with Gasteiger partial charge in [0, 0.05) is 5.39 Å². The third-order valence-electron chi connectivity index (χ3n) is 5.66. The molecular weight excluding hydrogens is 408 g/mol. The molecule has 0 aliphatic carbocycles. The molecule has 0 atom stereocenters. The number of nitrogens with one attached hydrogen (secondary N) is 2. The second-order valence-electron chi connectivity index (χ2n) is 7.77. The van der Waals surface area contributed by atoms with Crippen LogP contribution in [0.5, 0.6) is 0 Å². The average Bonchev–Trinajstić information content (AvgIpc) is 3.27. The van der Waals surface area contributed by atoms with Crippen molar-refractivity contribution >= 4 is 22.6 Å². The maximum atomic E-state index is 13.4. The summed E-state index contributed by atoms with van der Waals surface area (Å²) in [5.41, 5.74) is 5.16. The highest BCUT2D eigenvalue weighted by Crippen LogP contribution is 2.30. The number of carbonyl (C=O) groups excluding carboxylic acids is 1. The van der Waals surface area contributed by atoms with Gasteiger partial charge in [-0.2, -0.15) is 10.4 Å². The van der Waals surface area contributed by atoms with Crippen LogP contribution in [0.1, 0.15) is 22.6 Å².